The van der Waals surface area contributed by atoms with Crippen LogP contribution in [0.1, 0.15) is 49.9 Å². The first-order valence-corrected chi connectivity index (χ1v) is 7.34. The van der Waals surface area contributed by atoms with Gasteiger partial charge in [-0.15, -0.1) is 11.6 Å². The van der Waals surface area contributed by atoms with E-state index in [4.69, 9.17) is 16.3 Å². The third-order valence-electron chi connectivity index (χ3n) is 3.52. The van der Waals surface area contributed by atoms with Crippen LogP contribution >= 0.6 is 11.6 Å². The van der Waals surface area contributed by atoms with Gasteiger partial charge in [0.25, 0.3) is 0 Å². The molecule has 0 radical (unpaired) electrons. The molecule has 1 fully saturated rings. The Kier molecular flexibility index (Phi) is 5.24. The van der Waals surface area contributed by atoms with Crippen LogP contribution in [0.2, 0.25) is 0 Å². The van der Waals surface area contributed by atoms with Crippen LogP contribution in [-0.2, 0) is 5.88 Å². The van der Waals surface area contributed by atoms with Gasteiger partial charge in [0.1, 0.15) is 5.82 Å². The molecule has 2 rings (SSSR count). The molecule has 18 heavy (non-hydrogen) atoms. The Bertz CT molecular complexity index is 376. The molecule has 0 amide bonds. The van der Waals surface area contributed by atoms with Crippen LogP contribution < -0.4 is 4.74 Å². The van der Waals surface area contributed by atoms with Crippen molar-refractivity contribution < 1.29 is 4.74 Å². The minimum atomic E-state index is 0.403. The van der Waals surface area contributed by atoms with Crippen LogP contribution in [0.25, 0.3) is 0 Å². The highest BCUT2D eigenvalue weighted by Crippen LogP contribution is 2.24. The summed E-state index contributed by atoms with van der Waals surface area (Å²) in [7, 11) is 0. The maximum atomic E-state index is 5.87. The van der Waals surface area contributed by atoms with Crippen LogP contribution in [-0.4, -0.2) is 16.6 Å². The largest absolute Gasteiger partial charge is 0.477 e. The van der Waals surface area contributed by atoms with E-state index in [2.05, 4.69) is 9.97 Å². The van der Waals surface area contributed by atoms with Crippen molar-refractivity contribution in [3.05, 3.63) is 17.6 Å². The monoisotopic (exact) mass is 268 g/mol. The van der Waals surface area contributed by atoms with E-state index in [9.17, 15) is 0 Å². The fraction of sp³-hybridized carbons (Fsp3) is 0.714. The van der Waals surface area contributed by atoms with Crippen LogP contribution in [0.5, 0.6) is 5.88 Å². The first-order chi connectivity index (χ1) is 8.79. The van der Waals surface area contributed by atoms with Crippen molar-refractivity contribution in [3.63, 3.8) is 0 Å². The molecule has 0 atom stereocenters. The van der Waals surface area contributed by atoms with Crippen molar-refractivity contribution in [2.45, 2.75) is 51.3 Å². The van der Waals surface area contributed by atoms with E-state index in [0.29, 0.717) is 17.7 Å². The second kappa shape index (κ2) is 6.93. The molecule has 0 N–H and O–H groups in total. The van der Waals surface area contributed by atoms with Crippen molar-refractivity contribution in [1.29, 1.82) is 0 Å². The van der Waals surface area contributed by atoms with E-state index in [1.54, 1.807) is 6.20 Å². The molecule has 0 spiro atoms. The number of hydrogen-bond acceptors (Lipinski definition) is 3. The molecule has 0 saturated heterocycles. The van der Waals surface area contributed by atoms with Gasteiger partial charge in [-0.2, -0.15) is 4.98 Å². The molecule has 0 aromatic carbocycles. The number of halogens is 1. The van der Waals surface area contributed by atoms with E-state index in [-0.39, 0.29) is 0 Å². The Morgan fingerprint density at radius 1 is 1.28 bits per heavy atom. The lowest BCUT2D eigenvalue weighted by atomic mass is 10.0. The van der Waals surface area contributed by atoms with Gasteiger partial charge in [0.2, 0.25) is 5.88 Å². The topological polar surface area (TPSA) is 35.0 Å². The van der Waals surface area contributed by atoms with Gasteiger partial charge >= 0.3 is 0 Å². The summed E-state index contributed by atoms with van der Waals surface area (Å²) in [6.07, 6.45) is 9.72. The van der Waals surface area contributed by atoms with E-state index in [1.807, 2.05) is 6.92 Å². The molecule has 100 valence electrons. The molecule has 0 aliphatic heterocycles. The van der Waals surface area contributed by atoms with Gasteiger partial charge in [-0.25, -0.2) is 4.98 Å². The quantitative estimate of drug-likeness (QED) is 0.614. The predicted molar refractivity (Wildman–Crippen MR) is 73.0 cm³/mol. The molecule has 1 aromatic rings. The van der Waals surface area contributed by atoms with Crippen molar-refractivity contribution in [1.82, 2.24) is 9.97 Å². The normalized spacial score (nSPS) is 17.4. The second-order valence-corrected chi connectivity index (χ2v) is 5.32. The predicted octanol–water partition coefficient (Wildman–Crippen LogP) is 3.87. The third kappa shape index (κ3) is 3.84. The zero-order chi connectivity index (χ0) is 12.8. The van der Waals surface area contributed by atoms with Crippen molar-refractivity contribution >= 4 is 11.6 Å². The SMILES string of the molecule is Cc1ncc(CCl)c(OCC2CCCCCC2)n1. The number of aryl methyl sites for hydroxylation is 1. The molecular formula is C14H21ClN2O. The Morgan fingerprint density at radius 3 is 2.67 bits per heavy atom. The van der Waals surface area contributed by atoms with Crippen LogP contribution in [0, 0.1) is 12.8 Å². The molecule has 0 bridgehead atoms. The molecule has 1 heterocycles. The van der Waals surface area contributed by atoms with Crippen LogP contribution in [0.3, 0.4) is 0 Å². The van der Waals surface area contributed by atoms with Crippen LogP contribution in [0.4, 0.5) is 0 Å². The fourth-order valence-electron chi connectivity index (χ4n) is 2.42. The van der Waals surface area contributed by atoms with E-state index >= 15 is 0 Å². The minimum absolute atomic E-state index is 0.403. The van der Waals surface area contributed by atoms with Gasteiger partial charge in [-0.3, -0.25) is 0 Å². The van der Waals surface area contributed by atoms with Gasteiger partial charge in [0.15, 0.2) is 0 Å². The smallest absolute Gasteiger partial charge is 0.221 e. The summed E-state index contributed by atoms with van der Waals surface area (Å²) >= 11 is 5.87. The molecule has 1 aliphatic rings. The first-order valence-electron chi connectivity index (χ1n) is 6.81. The number of alkyl halides is 1. The Balaban J connectivity index is 1.94. The van der Waals surface area contributed by atoms with Crippen molar-refractivity contribution in [2.75, 3.05) is 6.61 Å². The molecule has 0 unspecified atom stereocenters. The van der Waals surface area contributed by atoms with Crippen molar-refractivity contribution in [3.8, 4) is 5.88 Å². The van der Waals surface area contributed by atoms with Crippen molar-refractivity contribution in [2.24, 2.45) is 5.92 Å². The third-order valence-corrected chi connectivity index (χ3v) is 3.81. The Hall–Kier alpha value is -0.830. The molecule has 1 saturated carbocycles. The molecule has 1 aromatic heterocycles. The number of rotatable bonds is 4. The number of ether oxygens (including phenoxy) is 1. The van der Waals surface area contributed by atoms with Gasteiger partial charge in [-0.1, -0.05) is 25.7 Å². The second-order valence-electron chi connectivity index (χ2n) is 5.05. The highest BCUT2D eigenvalue weighted by atomic mass is 35.5. The van der Waals surface area contributed by atoms with Crippen LogP contribution in [0.15, 0.2) is 6.20 Å². The molecule has 1 aliphatic carbocycles. The summed E-state index contributed by atoms with van der Waals surface area (Å²) < 4.78 is 5.87. The summed E-state index contributed by atoms with van der Waals surface area (Å²) in [5, 5.41) is 0. The summed E-state index contributed by atoms with van der Waals surface area (Å²) in [6.45, 7) is 2.64. The van der Waals surface area contributed by atoms with Gasteiger partial charge in [0.05, 0.1) is 12.5 Å². The Labute approximate surface area is 114 Å². The number of nitrogens with zero attached hydrogens (tertiary/aromatic N) is 2. The highest BCUT2D eigenvalue weighted by molar-refractivity contribution is 6.17. The standard InChI is InChI=1S/C14H21ClN2O/c1-11-16-9-13(8-15)14(17-11)18-10-12-6-4-2-3-5-7-12/h9,12H,2-8,10H2,1H3. The zero-order valence-corrected chi connectivity index (χ0v) is 11.7. The van der Waals surface area contributed by atoms with E-state index in [0.717, 1.165) is 18.0 Å². The molecule has 4 heteroatoms. The maximum absolute atomic E-state index is 5.87. The van der Waals surface area contributed by atoms with E-state index in [1.165, 1.54) is 38.5 Å². The summed E-state index contributed by atoms with van der Waals surface area (Å²) in [4.78, 5) is 8.48. The lowest BCUT2D eigenvalue weighted by molar-refractivity contribution is 0.224. The Morgan fingerprint density at radius 2 is 2.00 bits per heavy atom. The lowest BCUT2D eigenvalue weighted by Gasteiger charge is -2.16. The number of hydrogen-bond donors (Lipinski definition) is 0. The molecule has 3 nitrogen and oxygen atoms in total. The summed E-state index contributed by atoms with van der Waals surface area (Å²) in [6, 6.07) is 0. The average molecular weight is 269 g/mol. The van der Waals surface area contributed by atoms with Gasteiger partial charge in [0, 0.05) is 11.8 Å². The highest BCUT2D eigenvalue weighted by Gasteiger charge is 2.14. The van der Waals surface area contributed by atoms with Gasteiger partial charge in [-0.05, 0) is 25.7 Å². The van der Waals surface area contributed by atoms with E-state index < -0.39 is 0 Å². The maximum Gasteiger partial charge on any atom is 0.221 e. The average Bonchev–Trinajstić information content (AvgIpc) is 2.65. The number of aromatic nitrogens is 2. The summed E-state index contributed by atoms with van der Waals surface area (Å²) in [5.41, 5.74) is 0.885. The summed E-state index contributed by atoms with van der Waals surface area (Å²) in [5.74, 6) is 2.48. The lowest BCUT2D eigenvalue weighted by Crippen LogP contribution is -2.13. The first kappa shape index (κ1) is 13.6. The fourth-order valence-corrected chi connectivity index (χ4v) is 2.60. The molecular weight excluding hydrogens is 248 g/mol. The zero-order valence-electron chi connectivity index (χ0n) is 11.0. The minimum Gasteiger partial charge on any atom is -0.477 e. The van der Waals surface area contributed by atoms with Gasteiger partial charge < -0.3 is 4.74 Å².